The second-order valence-corrected chi connectivity index (χ2v) is 11.1. The molecule has 2 aliphatic carbocycles. The van der Waals surface area contributed by atoms with E-state index in [0.717, 1.165) is 61.0 Å². The molecular weight excluding hydrogens is 394 g/mol. The van der Waals surface area contributed by atoms with Crippen LogP contribution < -0.4 is 0 Å². The monoisotopic (exact) mass is 417 g/mol. The average Bonchev–Trinajstić information content (AvgIpc) is 3.27. The molecule has 2 fully saturated rings. The van der Waals surface area contributed by atoms with Gasteiger partial charge in [-0.2, -0.15) is 4.31 Å². The van der Waals surface area contributed by atoms with E-state index < -0.39 is 35.6 Å². The third-order valence-corrected chi connectivity index (χ3v) is 8.92. The highest BCUT2D eigenvalue weighted by molar-refractivity contribution is 7.89. The Balaban J connectivity index is 2.10. The Kier molecular flexibility index (Phi) is 5.32. The second kappa shape index (κ2) is 7.12. The number of benzene rings is 1. The van der Waals surface area contributed by atoms with Crippen LogP contribution in [0.25, 0.3) is 0 Å². The molecule has 0 atom stereocenters. The zero-order valence-corrected chi connectivity index (χ0v) is 16.9. The normalized spacial score (nSPS) is 19.1. The minimum atomic E-state index is -4.10. The van der Waals surface area contributed by atoms with E-state index in [9.17, 15) is 26.9 Å². The highest BCUT2D eigenvalue weighted by Gasteiger charge is 2.45. The molecule has 3 rings (SSSR count). The van der Waals surface area contributed by atoms with Crippen LogP contribution in [0, 0.1) is 10.1 Å². The fourth-order valence-electron chi connectivity index (χ4n) is 3.52. The van der Waals surface area contributed by atoms with Gasteiger partial charge < -0.3 is 0 Å². The molecule has 1 aromatic carbocycles. The van der Waals surface area contributed by atoms with Crippen LogP contribution in [0.15, 0.2) is 28.0 Å². The maximum absolute atomic E-state index is 13.3. The Bertz CT molecular complexity index is 948. The Labute approximate surface area is 159 Å². The lowest BCUT2D eigenvalue weighted by molar-refractivity contribution is -0.388. The lowest BCUT2D eigenvalue weighted by Gasteiger charge is -2.28. The lowest BCUT2D eigenvalue weighted by atomic mass is 10.2. The Morgan fingerprint density at radius 1 is 0.963 bits per heavy atom. The molecule has 0 amide bonds. The number of hydrogen-bond acceptors (Lipinski definition) is 6. The highest BCUT2D eigenvalue weighted by atomic mass is 32.2. The number of hydrogen-bond donors (Lipinski definition) is 0. The van der Waals surface area contributed by atoms with Crippen LogP contribution in [0.2, 0.25) is 0 Å². The maximum Gasteiger partial charge on any atom is 0.290 e. The summed E-state index contributed by atoms with van der Waals surface area (Å²) in [7, 11) is -5.40. The van der Waals surface area contributed by atoms with Crippen molar-refractivity contribution in [2.24, 2.45) is 0 Å². The van der Waals surface area contributed by atoms with E-state index in [1.165, 1.54) is 18.4 Å². The van der Waals surface area contributed by atoms with Crippen molar-refractivity contribution < 1.29 is 21.8 Å². The van der Waals surface area contributed by atoms with Crippen molar-refractivity contribution >= 4 is 25.7 Å². The summed E-state index contributed by atoms with van der Waals surface area (Å²) in [5.41, 5.74) is -0.707. The van der Waals surface area contributed by atoms with Gasteiger partial charge in [0.15, 0.2) is 4.90 Å². The fourth-order valence-corrected chi connectivity index (χ4v) is 6.51. The number of nitrogens with zero attached hydrogens (tertiary/aromatic N) is 3. The van der Waals surface area contributed by atoms with Crippen LogP contribution in [0.4, 0.5) is 5.69 Å². The second-order valence-electron chi connectivity index (χ2n) is 7.18. The molecule has 0 aliphatic heterocycles. The average molecular weight is 418 g/mol. The largest absolute Gasteiger partial charge is 0.290 e. The number of rotatable bonds is 7. The Morgan fingerprint density at radius 3 is 2.00 bits per heavy atom. The van der Waals surface area contributed by atoms with Gasteiger partial charge in [-0.1, -0.05) is 12.8 Å². The van der Waals surface area contributed by atoms with Crippen LogP contribution in [-0.2, 0) is 20.0 Å². The van der Waals surface area contributed by atoms with Crippen LogP contribution in [0.5, 0.6) is 0 Å². The van der Waals surface area contributed by atoms with Crippen LogP contribution in [-0.4, -0.2) is 56.5 Å². The molecule has 0 aromatic heterocycles. The van der Waals surface area contributed by atoms with E-state index in [-0.39, 0.29) is 17.0 Å². The third-order valence-electron chi connectivity index (χ3n) is 5.05. The highest BCUT2D eigenvalue weighted by Crippen LogP contribution is 2.40. The van der Waals surface area contributed by atoms with Crippen LogP contribution in [0.1, 0.15) is 38.5 Å². The third kappa shape index (κ3) is 3.73. The molecule has 0 saturated heterocycles. The predicted octanol–water partition coefficient (Wildman–Crippen LogP) is 1.94. The summed E-state index contributed by atoms with van der Waals surface area (Å²) in [5, 5.41) is 11.6. The minimum absolute atomic E-state index is 0.122. The van der Waals surface area contributed by atoms with Crippen molar-refractivity contribution in [3.63, 3.8) is 0 Å². The van der Waals surface area contributed by atoms with E-state index in [0.29, 0.717) is 0 Å². The van der Waals surface area contributed by atoms with Crippen molar-refractivity contribution in [2.75, 3.05) is 14.1 Å². The predicted molar refractivity (Wildman–Crippen MR) is 98.3 cm³/mol. The van der Waals surface area contributed by atoms with Crippen molar-refractivity contribution in [1.82, 2.24) is 8.61 Å². The van der Waals surface area contributed by atoms with Gasteiger partial charge in [-0.15, -0.1) is 0 Å². The molecule has 0 unspecified atom stereocenters. The number of sulfonamides is 2. The first-order valence-corrected chi connectivity index (χ1v) is 11.7. The molecule has 11 heteroatoms. The van der Waals surface area contributed by atoms with Gasteiger partial charge in [0.25, 0.3) is 5.69 Å². The SMILES string of the molecule is CN(C)S(=O)(=O)c1ccc(S(=O)(=O)N(C2CCCC2)C2CC2)c([N+](=O)[O-])c1. The quantitative estimate of drug-likeness (QED) is 0.494. The van der Waals surface area contributed by atoms with Gasteiger partial charge in [-0.05, 0) is 37.8 Å². The molecular formula is C16H23N3O6S2. The molecule has 0 radical (unpaired) electrons. The van der Waals surface area contributed by atoms with Crippen LogP contribution in [0.3, 0.4) is 0 Å². The number of nitro benzene ring substituents is 1. The lowest BCUT2D eigenvalue weighted by Crippen LogP contribution is -2.40. The zero-order chi connectivity index (χ0) is 20.0. The molecule has 0 spiro atoms. The van der Waals surface area contributed by atoms with Crippen molar-refractivity contribution in [3.8, 4) is 0 Å². The number of nitro groups is 1. The van der Waals surface area contributed by atoms with Crippen molar-refractivity contribution in [2.45, 2.75) is 60.4 Å². The summed E-state index contributed by atoms with van der Waals surface area (Å²) in [5.74, 6) is 0. The molecule has 2 saturated carbocycles. The molecule has 2 aliphatic rings. The van der Waals surface area contributed by atoms with Crippen molar-refractivity contribution in [3.05, 3.63) is 28.3 Å². The summed E-state index contributed by atoms with van der Waals surface area (Å²) in [6, 6.07) is 2.74. The van der Waals surface area contributed by atoms with Crippen molar-refractivity contribution in [1.29, 1.82) is 0 Å². The molecule has 9 nitrogen and oxygen atoms in total. The first-order valence-electron chi connectivity index (χ1n) is 8.81. The van der Waals surface area contributed by atoms with Crippen LogP contribution >= 0.6 is 0 Å². The molecule has 0 heterocycles. The van der Waals surface area contributed by atoms with E-state index in [1.54, 1.807) is 0 Å². The first kappa shape index (κ1) is 20.2. The summed E-state index contributed by atoms with van der Waals surface area (Å²) in [4.78, 5) is 9.98. The maximum atomic E-state index is 13.3. The topological polar surface area (TPSA) is 118 Å². The van der Waals surface area contributed by atoms with E-state index in [2.05, 4.69) is 0 Å². The molecule has 150 valence electrons. The summed E-state index contributed by atoms with van der Waals surface area (Å²) >= 11 is 0. The smallest absolute Gasteiger partial charge is 0.258 e. The summed E-state index contributed by atoms with van der Waals surface area (Å²) in [6.45, 7) is 0. The van der Waals surface area contributed by atoms with Gasteiger partial charge in [0, 0.05) is 32.2 Å². The van der Waals surface area contributed by atoms with Gasteiger partial charge in [-0.25, -0.2) is 21.1 Å². The fraction of sp³-hybridized carbons (Fsp3) is 0.625. The Morgan fingerprint density at radius 2 is 1.52 bits per heavy atom. The van der Waals surface area contributed by atoms with Gasteiger partial charge in [0.1, 0.15) is 0 Å². The molecule has 0 bridgehead atoms. The minimum Gasteiger partial charge on any atom is -0.258 e. The standard InChI is InChI=1S/C16H23N3O6S2/c1-17(2)26(22,23)14-9-10-16(15(11-14)19(20)21)27(24,25)18(13-7-8-13)12-5-3-4-6-12/h9-13H,3-8H2,1-2H3. The molecule has 27 heavy (non-hydrogen) atoms. The van der Waals surface area contributed by atoms with Gasteiger partial charge in [0.2, 0.25) is 20.0 Å². The molecule has 1 aromatic rings. The first-order chi connectivity index (χ1) is 12.6. The molecule has 0 N–H and O–H groups in total. The summed E-state index contributed by atoms with van der Waals surface area (Å²) < 4.78 is 53.5. The van der Waals surface area contributed by atoms with Gasteiger partial charge in [0.05, 0.1) is 9.82 Å². The van der Waals surface area contributed by atoms with E-state index in [4.69, 9.17) is 0 Å². The van der Waals surface area contributed by atoms with Gasteiger partial charge >= 0.3 is 0 Å². The van der Waals surface area contributed by atoms with Gasteiger partial charge in [-0.3, -0.25) is 10.1 Å². The van der Waals surface area contributed by atoms with E-state index in [1.807, 2.05) is 0 Å². The zero-order valence-electron chi connectivity index (χ0n) is 15.2. The van der Waals surface area contributed by atoms with E-state index >= 15 is 0 Å². The summed E-state index contributed by atoms with van der Waals surface area (Å²) in [6.07, 6.45) is 4.86. The Hall–Kier alpha value is -1.56.